The Bertz CT molecular complexity index is 976. The van der Waals surface area contributed by atoms with Crippen LogP contribution in [0.5, 0.6) is 0 Å². The van der Waals surface area contributed by atoms with E-state index in [1.165, 1.54) is 12.8 Å². The van der Waals surface area contributed by atoms with Crippen molar-refractivity contribution in [2.75, 3.05) is 18.0 Å². The maximum absolute atomic E-state index is 12.4. The van der Waals surface area contributed by atoms with E-state index in [1.54, 1.807) is 12.1 Å². The molecule has 1 unspecified atom stereocenters. The predicted octanol–water partition coefficient (Wildman–Crippen LogP) is 2.56. The quantitative estimate of drug-likeness (QED) is 0.831. The van der Waals surface area contributed by atoms with E-state index in [9.17, 15) is 9.90 Å². The Labute approximate surface area is 146 Å². The first kappa shape index (κ1) is 15.8. The van der Waals surface area contributed by atoms with Crippen LogP contribution >= 0.6 is 0 Å². The van der Waals surface area contributed by atoms with Gasteiger partial charge in [-0.15, -0.1) is 12.8 Å². The van der Waals surface area contributed by atoms with Crippen LogP contribution in [0.25, 0.3) is 10.9 Å². The van der Waals surface area contributed by atoms with E-state index in [0.717, 1.165) is 37.0 Å². The van der Waals surface area contributed by atoms with Crippen LogP contribution in [0.3, 0.4) is 0 Å². The predicted molar refractivity (Wildman–Crippen MR) is 99.4 cm³/mol. The van der Waals surface area contributed by atoms with Crippen molar-refractivity contribution in [3.63, 3.8) is 0 Å². The van der Waals surface area contributed by atoms with Crippen LogP contribution in [-0.2, 0) is 0 Å². The third-order valence-corrected chi connectivity index (χ3v) is 5.73. The lowest BCUT2D eigenvalue weighted by Gasteiger charge is -2.35. The molecule has 2 fully saturated rings. The van der Waals surface area contributed by atoms with Crippen LogP contribution in [0, 0.1) is 30.1 Å². The average Bonchev–Trinajstić information content (AvgIpc) is 3.39. The molecule has 25 heavy (non-hydrogen) atoms. The molecule has 1 saturated heterocycles. The Hall–Kier alpha value is -2.69. The monoisotopic (exact) mass is 332 g/mol. The summed E-state index contributed by atoms with van der Waals surface area (Å²) in [6.07, 6.45) is 14.9. The Kier molecular flexibility index (Phi) is 3.60. The number of terminal acetylenes is 2. The van der Waals surface area contributed by atoms with Crippen molar-refractivity contribution in [1.29, 1.82) is 0 Å². The zero-order valence-corrected chi connectivity index (χ0v) is 14.0. The summed E-state index contributed by atoms with van der Waals surface area (Å²) in [6.45, 7) is 1.80. The molecule has 1 aromatic carbocycles. The minimum atomic E-state index is -0.977. The van der Waals surface area contributed by atoms with E-state index in [4.69, 9.17) is 12.8 Å². The second-order valence-electron chi connectivity index (χ2n) is 7.18. The number of hydrogen-bond donors (Lipinski definition) is 2. The number of H-pyrrole nitrogens is 1. The van der Waals surface area contributed by atoms with Gasteiger partial charge >= 0.3 is 0 Å². The van der Waals surface area contributed by atoms with Gasteiger partial charge in [0.1, 0.15) is 11.7 Å². The Morgan fingerprint density at radius 1 is 1.20 bits per heavy atom. The van der Waals surface area contributed by atoms with Crippen molar-refractivity contribution >= 4 is 16.6 Å². The number of pyridine rings is 1. The lowest BCUT2D eigenvalue weighted by Crippen LogP contribution is -2.36. The SMILES string of the molecule is C#Cc1c(N2CCC3(CC2)CC3)c2cc(C(O)C#C)ccc2[nH]c1=O. The first-order chi connectivity index (χ1) is 12.1. The molecule has 2 heterocycles. The van der Waals surface area contributed by atoms with E-state index >= 15 is 0 Å². The second-order valence-corrected chi connectivity index (χ2v) is 7.18. The molecule has 2 aromatic rings. The number of hydrogen-bond acceptors (Lipinski definition) is 3. The highest BCUT2D eigenvalue weighted by Gasteiger charge is 2.44. The summed E-state index contributed by atoms with van der Waals surface area (Å²) < 4.78 is 0. The molecule has 1 spiro atoms. The Balaban J connectivity index is 1.88. The van der Waals surface area contributed by atoms with Gasteiger partial charge in [-0.2, -0.15) is 0 Å². The van der Waals surface area contributed by atoms with Crippen LogP contribution in [0.4, 0.5) is 5.69 Å². The summed E-state index contributed by atoms with van der Waals surface area (Å²) in [5, 5.41) is 10.8. The topological polar surface area (TPSA) is 56.3 Å². The number of aliphatic hydroxyl groups is 1. The van der Waals surface area contributed by atoms with Crippen LogP contribution in [0.2, 0.25) is 0 Å². The van der Waals surface area contributed by atoms with Crippen LogP contribution < -0.4 is 10.5 Å². The molecular weight excluding hydrogens is 312 g/mol. The number of benzene rings is 1. The number of rotatable bonds is 2. The van der Waals surface area contributed by atoms with Gasteiger partial charge < -0.3 is 15.0 Å². The van der Waals surface area contributed by atoms with Gasteiger partial charge in [-0.25, -0.2) is 0 Å². The number of nitrogens with zero attached hydrogens (tertiary/aromatic N) is 1. The van der Waals surface area contributed by atoms with Crippen molar-refractivity contribution in [3.8, 4) is 24.7 Å². The van der Waals surface area contributed by atoms with E-state index < -0.39 is 6.10 Å². The summed E-state index contributed by atoms with van der Waals surface area (Å²) in [4.78, 5) is 17.5. The third kappa shape index (κ3) is 2.60. The van der Waals surface area contributed by atoms with E-state index in [-0.39, 0.29) is 5.56 Å². The zero-order valence-electron chi connectivity index (χ0n) is 14.0. The van der Waals surface area contributed by atoms with E-state index in [1.807, 2.05) is 6.07 Å². The molecule has 0 amide bonds. The first-order valence-electron chi connectivity index (χ1n) is 8.63. The summed E-state index contributed by atoms with van der Waals surface area (Å²) in [7, 11) is 0. The van der Waals surface area contributed by atoms with E-state index in [0.29, 0.717) is 22.1 Å². The molecule has 1 aliphatic heterocycles. The third-order valence-electron chi connectivity index (χ3n) is 5.73. The number of aromatic nitrogens is 1. The summed E-state index contributed by atoms with van der Waals surface area (Å²) in [5.41, 5.74) is 2.77. The standard InChI is InChI=1S/C21H20N2O2/c1-3-15-19(23-11-9-21(7-8-21)10-12-23)16-13-14(18(24)4-2)5-6-17(16)22-20(15)25/h1-2,5-6,13,18,24H,7-12H2,(H,22,25). The first-order valence-corrected chi connectivity index (χ1v) is 8.63. The summed E-state index contributed by atoms with van der Waals surface area (Å²) >= 11 is 0. The molecule has 0 bridgehead atoms. The summed E-state index contributed by atoms with van der Waals surface area (Å²) in [5.74, 6) is 4.90. The maximum atomic E-state index is 12.4. The normalized spacial score (nSPS) is 19.4. The number of fused-ring (bicyclic) bond motifs is 1. The maximum Gasteiger partial charge on any atom is 0.266 e. The molecular formula is C21H20N2O2. The summed E-state index contributed by atoms with van der Waals surface area (Å²) in [6, 6.07) is 5.35. The largest absolute Gasteiger partial charge is 0.376 e. The van der Waals surface area contributed by atoms with Crippen molar-refractivity contribution in [2.24, 2.45) is 5.41 Å². The number of nitrogens with one attached hydrogen (secondary N) is 1. The Morgan fingerprint density at radius 3 is 2.52 bits per heavy atom. The fraction of sp³-hybridized carbons (Fsp3) is 0.381. The number of anilines is 1. The van der Waals surface area contributed by atoms with E-state index in [2.05, 4.69) is 21.7 Å². The van der Waals surface area contributed by atoms with Crippen LogP contribution in [-0.4, -0.2) is 23.2 Å². The number of aliphatic hydroxyl groups excluding tert-OH is 1. The molecule has 4 rings (SSSR count). The lowest BCUT2D eigenvalue weighted by molar-refractivity contribution is 0.239. The van der Waals surface area contributed by atoms with Crippen molar-refractivity contribution in [3.05, 3.63) is 39.7 Å². The fourth-order valence-electron chi connectivity index (χ4n) is 3.90. The van der Waals surface area contributed by atoms with Gasteiger partial charge in [-0.1, -0.05) is 17.9 Å². The molecule has 1 aliphatic carbocycles. The number of aromatic amines is 1. The highest BCUT2D eigenvalue weighted by Crippen LogP contribution is 2.54. The van der Waals surface area contributed by atoms with Crippen LogP contribution in [0.15, 0.2) is 23.0 Å². The minimum absolute atomic E-state index is 0.248. The van der Waals surface area contributed by atoms with Gasteiger partial charge in [0.15, 0.2) is 0 Å². The Morgan fingerprint density at radius 2 is 1.92 bits per heavy atom. The molecule has 2 N–H and O–H groups in total. The highest BCUT2D eigenvalue weighted by atomic mass is 16.3. The molecule has 2 aliphatic rings. The van der Waals surface area contributed by atoms with Crippen molar-refractivity contribution in [1.82, 2.24) is 4.98 Å². The minimum Gasteiger partial charge on any atom is -0.376 e. The smallest absolute Gasteiger partial charge is 0.266 e. The average molecular weight is 332 g/mol. The molecule has 1 aromatic heterocycles. The molecule has 4 nitrogen and oxygen atoms in total. The molecule has 4 heteroatoms. The molecule has 1 saturated carbocycles. The van der Waals surface area contributed by atoms with Crippen LogP contribution in [0.1, 0.15) is 42.9 Å². The van der Waals surface area contributed by atoms with Crippen molar-refractivity contribution in [2.45, 2.75) is 31.8 Å². The number of piperidine rings is 1. The molecule has 1 atom stereocenters. The highest BCUT2D eigenvalue weighted by molar-refractivity contribution is 5.95. The lowest BCUT2D eigenvalue weighted by atomic mass is 9.92. The van der Waals surface area contributed by atoms with Gasteiger partial charge in [0.2, 0.25) is 0 Å². The molecule has 126 valence electrons. The van der Waals surface area contributed by atoms with Gasteiger partial charge in [-0.3, -0.25) is 4.79 Å². The van der Waals surface area contributed by atoms with Gasteiger partial charge in [0.05, 0.1) is 11.2 Å². The second kappa shape index (κ2) is 5.69. The fourth-order valence-corrected chi connectivity index (χ4v) is 3.90. The van der Waals surface area contributed by atoms with Gasteiger partial charge in [0, 0.05) is 18.5 Å². The zero-order chi connectivity index (χ0) is 17.6. The van der Waals surface area contributed by atoms with Gasteiger partial charge in [0.25, 0.3) is 5.56 Å². The molecule has 0 radical (unpaired) electrons. The van der Waals surface area contributed by atoms with Gasteiger partial charge in [-0.05, 0) is 48.8 Å². The van der Waals surface area contributed by atoms with Crippen molar-refractivity contribution < 1.29 is 5.11 Å².